The Bertz CT molecular complexity index is 718. The number of anilines is 1. The Labute approximate surface area is 127 Å². The molecule has 0 radical (unpaired) electrons. The molecule has 3 heterocycles. The van der Waals surface area contributed by atoms with Crippen molar-refractivity contribution in [2.45, 2.75) is 13.3 Å². The van der Waals surface area contributed by atoms with Crippen LogP contribution in [0.15, 0.2) is 36.0 Å². The highest BCUT2D eigenvalue weighted by Crippen LogP contribution is 2.21. The van der Waals surface area contributed by atoms with Crippen molar-refractivity contribution in [2.75, 3.05) is 11.9 Å². The Hall–Kier alpha value is -2.21. The number of nitrogens with one attached hydrogen (secondary N) is 1. The van der Waals surface area contributed by atoms with Crippen LogP contribution < -0.4 is 5.32 Å². The first-order valence-electron chi connectivity index (χ1n) is 6.88. The Morgan fingerprint density at radius 2 is 2.24 bits per heavy atom. The van der Waals surface area contributed by atoms with Crippen LogP contribution in [0.5, 0.6) is 0 Å². The molecule has 0 unspecified atom stereocenters. The van der Waals surface area contributed by atoms with Crippen molar-refractivity contribution < 1.29 is 0 Å². The monoisotopic (exact) mass is 299 g/mol. The molecule has 0 aromatic carbocycles. The largest absolute Gasteiger partial charge is 0.370 e. The molecule has 108 valence electrons. The molecule has 0 aliphatic rings. The number of rotatable bonds is 5. The van der Waals surface area contributed by atoms with E-state index in [0.29, 0.717) is 0 Å². The van der Waals surface area contributed by atoms with E-state index in [1.165, 1.54) is 4.88 Å². The van der Waals surface area contributed by atoms with Crippen LogP contribution in [0.1, 0.15) is 17.6 Å². The summed E-state index contributed by atoms with van der Waals surface area (Å²) in [5.41, 5.74) is 1.91. The summed E-state index contributed by atoms with van der Waals surface area (Å²) in [4.78, 5) is 10.5. The minimum Gasteiger partial charge on any atom is -0.370 e. The molecule has 0 atom stereocenters. The van der Waals surface area contributed by atoms with E-state index in [0.717, 1.165) is 35.9 Å². The Kier molecular flexibility index (Phi) is 3.96. The molecule has 0 bridgehead atoms. The third kappa shape index (κ3) is 3.28. The number of thiophene rings is 1. The van der Waals surface area contributed by atoms with Crippen LogP contribution >= 0.6 is 11.3 Å². The van der Waals surface area contributed by atoms with Crippen molar-refractivity contribution in [3.05, 3.63) is 46.7 Å². The van der Waals surface area contributed by atoms with Gasteiger partial charge in [0.15, 0.2) is 0 Å². The van der Waals surface area contributed by atoms with Gasteiger partial charge in [0.1, 0.15) is 11.6 Å². The molecule has 3 rings (SSSR count). The number of nitrogens with zero attached hydrogens (tertiary/aromatic N) is 4. The van der Waals surface area contributed by atoms with Crippen LogP contribution in [-0.2, 0) is 13.5 Å². The second-order valence-electron chi connectivity index (χ2n) is 4.74. The fourth-order valence-electron chi connectivity index (χ4n) is 2.12. The summed E-state index contributed by atoms with van der Waals surface area (Å²) in [7, 11) is 1.91. The topological polar surface area (TPSA) is 55.6 Å². The van der Waals surface area contributed by atoms with Gasteiger partial charge in [-0.15, -0.1) is 11.3 Å². The first-order chi connectivity index (χ1) is 10.2. The minimum atomic E-state index is 0.754. The first-order valence-corrected chi connectivity index (χ1v) is 7.76. The Balaban J connectivity index is 1.97. The fourth-order valence-corrected chi connectivity index (χ4v) is 2.82. The molecule has 6 heteroatoms. The second kappa shape index (κ2) is 6.05. The van der Waals surface area contributed by atoms with Gasteiger partial charge in [-0.3, -0.25) is 4.68 Å². The van der Waals surface area contributed by atoms with Gasteiger partial charge in [-0.1, -0.05) is 6.07 Å². The lowest BCUT2D eigenvalue weighted by Crippen LogP contribution is -2.04. The van der Waals surface area contributed by atoms with Crippen LogP contribution in [0.4, 0.5) is 5.82 Å². The van der Waals surface area contributed by atoms with E-state index in [1.807, 2.05) is 25.5 Å². The van der Waals surface area contributed by atoms with Crippen molar-refractivity contribution in [2.24, 2.45) is 7.05 Å². The molecule has 0 spiro atoms. The van der Waals surface area contributed by atoms with Gasteiger partial charge in [0.25, 0.3) is 0 Å². The Morgan fingerprint density at radius 3 is 2.90 bits per heavy atom. The molecular formula is C15H17N5S. The molecule has 1 N–H and O–H groups in total. The zero-order valence-corrected chi connectivity index (χ0v) is 12.9. The van der Waals surface area contributed by atoms with Crippen LogP contribution in [0.2, 0.25) is 0 Å². The van der Waals surface area contributed by atoms with Crippen molar-refractivity contribution in [3.8, 4) is 11.3 Å². The highest BCUT2D eigenvalue weighted by Gasteiger charge is 2.09. The summed E-state index contributed by atoms with van der Waals surface area (Å²) in [6.45, 7) is 2.90. The third-order valence-corrected chi connectivity index (χ3v) is 3.92. The molecule has 0 saturated carbocycles. The predicted molar refractivity (Wildman–Crippen MR) is 85.5 cm³/mol. The van der Waals surface area contributed by atoms with E-state index < -0.39 is 0 Å². The van der Waals surface area contributed by atoms with E-state index >= 15 is 0 Å². The quantitative estimate of drug-likeness (QED) is 0.787. The summed E-state index contributed by atoms with van der Waals surface area (Å²) >= 11 is 1.73. The van der Waals surface area contributed by atoms with Crippen LogP contribution in [0, 0.1) is 0 Å². The fraction of sp³-hybridized carbons (Fsp3) is 0.267. The van der Waals surface area contributed by atoms with Gasteiger partial charge in [-0.05, 0) is 18.4 Å². The van der Waals surface area contributed by atoms with Gasteiger partial charge >= 0.3 is 0 Å². The Morgan fingerprint density at radius 1 is 1.33 bits per heavy atom. The third-order valence-electron chi connectivity index (χ3n) is 3.04. The molecule has 0 aliphatic carbocycles. The van der Waals surface area contributed by atoms with Crippen LogP contribution in [0.25, 0.3) is 11.3 Å². The van der Waals surface area contributed by atoms with Crippen molar-refractivity contribution >= 4 is 17.2 Å². The SMILES string of the molecule is CCNc1cc(-c2cnn(C)c2)nc(Cc2cccs2)n1. The normalized spacial score (nSPS) is 10.8. The van der Waals surface area contributed by atoms with Crippen LogP contribution in [-0.4, -0.2) is 26.3 Å². The standard InChI is InChI=1S/C15H17N5S/c1-3-16-14-8-13(11-9-17-20(2)10-11)18-15(19-14)7-12-5-4-6-21-12/h4-6,8-10H,3,7H2,1-2H3,(H,16,18,19). The molecule has 21 heavy (non-hydrogen) atoms. The van der Waals surface area contributed by atoms with Crippen molar-refractivity contribution in [1.29, 1.82) is 0 Å². The van der Waals surface area contributed by atoms with Gasteiger partial charge in [-0.2, -0.15) is 5.10 Å². The van der Waals surface area contributed by atoms with Gasteiger partial charge in [0.05, 0.1) is 11.9 Å². The summed E-state index contributed by atoms with van der Waals surface area (Å²) in [6.07, 6.45) is 4.55. The maximum Gasteiger partial charge on any atom is 0.136 e. The minimum absolute atomic E-state index is 0.754. The predicted octanol–water partition coefficient (Wildman–Crippen LogP) is 2.96. The molecule has 0 amide bonds. The van der Waals surface area contributed by atoms with E-state index in [1.54, 1.807) is 16.0 Å². The molecule has 3 aromatic rings. The lowest BCUT2D eigenvalue weighted by molar-refractivity contribution is 0.768. The number of hydrogen-bond acceptors (Lipinski definition) is 5. The first kappa shape index (κ1) is 13.8. The number of hydrogen-bond donors (Lipinski definition) is 1. The summed E-state index contributed by atoms with van der Waals surface area (Å²) in [5.74, 6) is 1.69. The van der Waals surface area contributed by atoms with E-state index in [4.69, 9.17) is 0 Å². The molecule has 3 aromatic heterocycles. The van der Waals surface area contributed by atoms with Gasteiger partial charge < -0.3 is 5.32 Å². The van der Waals surface area contributed by atoms with E-state index in [-0.39, 0.29) is 0 Å². The van der Waals surface area contributed by atoms with Crippen LogP contribution in [0.3, 0.4) is 0 Å². The average Bonchev–Trinajstić information content (AvgIpc) is 3.10. The van der Waals surface area contributed by atoms with Gasteiger partial charge in [-0.25, -0.2) is 9.97 Å². The number of aromatic nitrogens is 4. The zero-order valence-electron chi connectivity index (χ0n) is 12.1. The van der Waals surface area contributed by atoms with Crippen molar-refractivity contribution in [3.63, 3.8) is 0 Å². The lowest BCUT2D eigenvalue weighted by atomic mass is 10.2. The molecule has 0 fully saturated rings. The lowest BCUT2D eigenvalue weighted by Gasteiger charge is -2.07. The number of aryl methyl sites for hydroxylation is 1. The average molecular weight is 299 g/mol. The van der Waals surface area contributed by atoms with E-state index in [9.17, 15) is 0 Å². The highest BCUT2D eigenvalue weighted by atomic mass is 32.1. The highest BCUT2D eigenvalue weighted by molar-refractivity contribution is 7.09. The maximum atomic E-state index is 4.68. The maximum absolute atomic E-state index is 4.68. The second-order valence-corrected chi connectivity index (χ2v) is 5.78. The van der Waals surface area contributed by atoms with Gasteiger partial charge in [0, 0.05) is 42.7 Å². The van der Waals surface area contributed by atoms with Crippen molar-refractivity contribution in [1.82, 2.24) is 19.7 Å². The smallest absolute Gasteiger partial charge is 0.136 e. The molecule has 5 nitrogen and oxygen atoms in total. The van der Waals surface area contributed by atoms with E-state index in [2.05, 4.69) is 44.8 Å². The van der Waals surface area contributed by atoms with Gasteiger partial charge in [0.2, 0.25) is 0 Å². The molecule has 0 aliphatic heterocycles. The zero-order chi connectivity index (χ0) is 14.7. The molecule has 0 saturated heterocycles. The summed E-state index contributed by atoms with van der Waals surface area (Å²) in [6, 6.07) is 6.13. The summed E-state index contributed by atoms with van der Waals surface area (Å²) < 4.78 is 1.78. The summed E-state index contributed by atoms with van der Waals surface area (Å²) in [5, 5.41) is 9.56. The molecular weight excluding hydrogens is 282 g/mol.